The second-order valence-corrected chi connectivity index (χ2v) is 5.73. The summed E-state index contributed by atoms with van der Waals surface area (Å²) in [6, 6.07) is 12.9. The highest BCUT2D eigenvalue weighted by Gasteiger charge is 2.17. The Morgan fingerprint density at radius 2 is 2.00 bits per heavy atom. The van der Waals surface area contributed by atoms with Crippen LogP contribution >= 0.6 is 11.6 Å². The Hall–Kier alpha value is -2.53. The number of benzene rings is 2. The number of carbonyl (C=O) groups is 1. The van der Waals surface area contributed by atoms with Crippen LogP contribution in [-0.2, 0) is 16.2 Å². The van der Waals surface area contributed by atoms with Crippen molar-refractivity contribution < 1.29 is 14.4 Å². The van der Waals surface area contributed by atoms with Crippen LogP contribution in [0.5, 0.6) is 5.75 Å². The molecule has 0 aromatic heterocycles. The molecule has 0 spiro atoms. The van der Waals surface area contributed by atoms with Crippen molar-refractivity contribution in [2.45, 2.75) is 20.5 Å². The summed E-state index contributed by atoms with van der Waals surface area (Å²) in [5.41, 5.74) is 2.66. The first-order chi connectivity index (χ1) is 12.1. The maximum absolute atomic E-state index is 12.2. The number of halogens is 1. The van der Waals surface area contributed by atoms with Crippen molar-refractivity contribution in [3.63, 3.8) is 0 Å². The number of hydrogen-bond donors (Lipinski definition) is 1. The number of ether oxygens (including phenoxy) is 1. The van der Waals surface area contributed by atoms with Gasteiger partial charge in [-0.2, -0.15) is 0 Å². The molecule has 0 aliphatic rings. The molecule has 25 heavy (non-hydrogen) atoms. The van der Waals surface area contributed by atoms with Crippen molar-refractivity contribution in [2.24, 2.45) is 5.16 Å². The predicted octanol–water partition coefficient (Wildman–Crippen LogP) is 3.71. The summed E-state index contributed by atoms with van der Waals surface area (Å²) in [4.78, 5) is 17.3. The number of carbonyl (C=O) groups excluding carboxylic acids is 1. The van der Waals surface area contributed by atoms with E-state index in [4.69, 9.17) is 21.2 Å². The molecular weight excluding hydrogens is 340 g/mol. The molecule has 6 heteroatoms. The van der Waals surface area contributed by atoms with Gasteiger partial charge in [0.2, 0.25) is 0 Å². The van der Waals surface area contributed by atoms with E-state index in [2.05, 4.69) is 10.5 Å². The largest absolute Gasteiger partial charge is 0.489 e. The molecule has 0 saturated carbocycles. The highest BCUT2D eigenvalue weighted by atomic mass is 35.5. The maximum atomic E-state index is 12.2. The quantitative estimate of drug-likeness (QED) is 0.604. The van der Waals surface area contributed by atoms with Gasteiger partial charge in [0.05, 0.1) is 0 Å². The molecule has 0 aliphatic heterocycles. The Bertz CT molecular complexity index is 775. The number of amides is 1. The van der Waals surface area contributed by atoms with Gasteiger partial charge in [0.1, 0.15) is 19.0 Å². The van der Waals surface area contributed by atoms with E-state index < -0.39 is 0 Å². The lowest BCUT2D eigenvalue weighted by molar-refractivity contribution is -0.114. The van der Waals surface area contributed by atoms with E-state index >= 15 is 0 Å². The van der Waals surface area contributed by atoms with Crippen molar-refractivity contribution >= 4 is 23.2 Å². The fourth-order valence-electron chi connectivity index (χ4n) is 2.27. The van der Waals surface area contributed by atoms with Crippen molar-refractivity contribution in [2.75, 3.05) is 13.7 Å². The number of oxime groups is 1. The molecule has 0 saturated heterocycles. The van der Waals surface area contributed by atoms with Crippen LogP contribution < -0.4 is 10.1 Å². The van der Waals surface area contributed by atoms with Gasteiger partial charge < -0.3 is 14.9 Å². The lowest BCUT2D eigenvalue weighted by atomic mass is 10.0. The highest BCUT2D eigenvalue weighted by molar-refractivity contribution is 6.45. The lowest BCUT2D eigenvalue weighted by Gasteiger charge is -2.13. The number of hydrogen-bond acceptors (Lipinski definition) is 4. The molecule has 1 N–H and O–H groups in total. The van der Waals surface area contributed by atoms with Crippen LogP contribution in [0.15, 0.2) is 47.6 Å². The SMILES string of the molecule is CCON=C(C(=O)NC)c1ccccc1COc1ccc(Cl)cc1C. The van der Waals surface area contributed by atoms with Gasteiger partial charge >= 0.3 is 0 Å². The van der Waals surface area contributed by atoms with E-state index in [1.165, 1.54) is 0 Å². The zero-order valence-corrected chi connectivity index (χ0v) is 15.3. The summed E-state index contributed by atoms with van der Waals surface area (Å²) in [5, 5.41) is 7.21. The Morgan fingerprint density at radius 3 is 2.68 bits per heavy atom. The normalized spacial score (nSPS) is 11.1. The fourth-order valence-corrected chi connectivity index (χ4v) is 2.49. The van der Waals surface area contributed by atoms with Crippen molar-refractivity contribution in [1.29, 1.82) is 0 Å². The number of rotatable bonds is 7. The molecule has 2 rings (SSSR count). The Kier molecular flexibility index (Phi) is 6.83. The molecule has 1 amide bonds. The minimum atomic E-state index is -0.316. The van der Waals surface area contributed by atoms with Crippen LogP contribution in [0.2, 0.25) is 5.02 Å². The summed E-state index contributed by atoms with van der Waals surface area (Å²) >= 11 is 5.97. The number of likely N-dealkylation sites (N-methyl/N-ethyl adjacent to an activating group) is 1. The molecule has 0 aliphatic carbocycles. The van der Waals surface area contributed by atoms with Gasteiger partial charge in [-0.05, 0) is 43.2 Å². The zero-order valence-electron chi connectivity index (χ0n) is 14.5. The fraction of sp³-hybridized carbons (Fsp3) is 0.263. The van der Waals surface area contributed by atoms with Crippen molar-refractivity contribution in [3.05, 3.63) is 64.2 Å². The number of nitrogens with one attached hydrogen (secondary N) is 1. The number of aryl methyl sites for hydroxylation is 1. The standard InChI is InChI=1S/C19H21ClN2O3/c1-4-25-22-18(19(23)21-3)16-8-6-5-7-14(16)12-24-17-10-9-15(20)11-13(17)2/h5-11H,4,12H2,1-3H3,(H,21,23). The topological polar surface area (TPSA) is 59.9 Å². The maximum Gasteiger partial charge on any atom is 0.273 e. The van der Waals surface area contributed by atoms with E-state index in [1.807, 2.05) is 50.2 Å². The van der Waals surface area contributed by atoms with Gasteiger partial charge in [-0.1, -0.05) is 41.0 Å². The van der Waals surface area contributed by atoms with Crippen LogP contribution in [0.3, 0.4) is 0 Å². The first-order valence-corrected chi connectivity index (χ1v) is 8.33. The van der Waals surface area contributed by atoms with Crippen LogP contribution in [0.1, 0.15) is 23.6 Å². The number of nitrogens with zero attached hydrogens (tertiary/aromatic N) is 1. The second-order valence-electron chi connectivity index (χ2n) is 5.29. The van der Waals surface area contributed by atoms with Gasteiger partial charge in [0.25, 0.3) is 5.91 Å². The molecular formula is C19H21ClN2O3. The van der Waals surface area contributed by atoms with Gasteiger partial charge in [-0.15, -0.1) is 0 Å². The highest BCUT2D eigenvalue weighted by Crippen LogP contribution is 2.23. The third-order valence-corrected chi connectivity index (χ3v) is 3.75. The minimum Gasteiger partial charge on any atom is -0.489 e. The lowest BCUT2D eigenvalue weighted by Crippen LogP contribution is -2.29. The first kappa shape index (κ1) is 18.8. The monoisotopic (exact) mass is 360 g/mol. The smallest absolute Gasteiger partial charge is 0.273 e. The summed E-state index contributed by atoms with van der Waals surface area (Å²) < 4.78 is 5.90. The predicted molar refractivity (Wildman–Crippen MR) is 99.2 cm³/mol. The molecule has 2 aromatic rings. The van der Waals surface area contributed by atoms with Gasteiger partial charge in [-0.3, -0.25) is 4.79 Å². The Labute approximate surface area is 152 Å². The van der Waals surface area contributed by atoms with E-state index in [1.54, 1.807) is 13.1 Å². The zero-order chi connectivity index (χ0) is 18.2. The van der Waals surface area contributed by atoms with E-state index in [9.17, 15) is 4.79 Å². The minimum absolute atomic E-state index is 0.219. The summed E-state index contributed by atoms with van der Waals surface area (Å²) in [5.74, 6) is 0.422. The second kappa shape index (κ2) is 9.08. The van der Waals surface area contributed by atoms with Gasteiger partial charge in [0.15, 0.2) is 5.71 Å². The van der Waals surface area contributed by atoms with Gasteiger partial charge in [-0.25, -0.2) is 0 Å². The molecule has 5 nitrogen and oxygen atoms in total. The van der Waals surface area contributed by atoms with Crippen LogP contribution in [0.4, 0.5) is 0 Å². The average Bonchev–Trinajstić information content (AvgIpc) is 2.62. The Balaban J connectivity index is 2.28. The summed E-state index contributed by atoms with van der Waals surface area (Å²) in [6.45, 7) is 4.41. The van der Waals surface area contributed by atoms with Crippen molar-refractivity contribution in [1.82, 2.24) is 5.32 Å². The first-order valence-electron chi connectivity index (χ1n) is 7.96. The van der Waals surface area contributed by atoms with E-state index in [-0.39, 0.29) is 11.6 Å². The van der Waals surface area contributed by atoms with E-state index in [0.717, 1.165) is 16.9 Å². The van der Waals surface area contributed by atoms with Crippen LogP contribution in [0, 0.1) is 6.92 Å². The molecule has 0 heterocycles. The molecule has 2 aromatic carbocycles. The Morgan fingerprint density at radius 1 is 1.24 bits per heavy atom. The van der Waals surface area contributed by atoms with E-state index in [0.29, 0.717) is 23.8 Å². The summed E-state index contributed by atoms with van der Waals surface area (Å²) in [6.07, 6.45) is 0. The molecule has 132 valence electrons. The van der Waals surface area contributed by atoms with Crippen molar-refractivity contribution in [3.8, 4) is 5.75 Å². The molecule has 0 atom stereocenters. The van der Waals surface area contributed by atoms with Crippen LogP contribution in [0.25, 0.3) is 0 Å². The van der Waals surface area contributed by atoms with Crippen LogP contribution in [-0.4, -0.2) is 25.3 Å². The molecule has 0 radical (unpaired) electrons. The molecule has 0 bridgehead atoms. The summed E-state index contributed by atoms with van der Waals surface area (Å²) in [7, 11) is 1.56. The third kappa shape index (κ3) is 4.97. The third-order valence-electron chi connectivity index (χ3n) is 3.52. The molecule has 0 unspecified atom stereocenters. The van der Waals surface area contributed by atoms with Gasteiger partial charge in [0, 0.05) is 17.6 Å². The molecule has 0 fully saturated rings. The average molecular weight is 361 g/mol.